The van der Waals surface area contributed by atoms with Gasteiger partial charge in [-0.15, -0.1) is 0 Å². The Morgan fingerprint density at radius 1 is 1.09 bits per heavy atom. The minimum absolute atomic E-state index is 0.198. The smallest absolute Gasteiger partial charge is 0.187 e. The highest BCUT2D eigenvalue weighted by atomic mass is 16.7. The average molecular weight is 326 g/mol. The van der Waals surface area contributed by atoms with E-state index in [0.29, 0.717) is 5.92 Å². The Morgan fingerprint density at radius 3 is 2.30 bits per heavy atom. The van der Waals surface area contributed by atoms with Crippen molar-refractivity contribution in [3.05, 3.63) is 35.4 Å². The summed E-state index contributed by atoms with van der Waals surface area (Å²) in [6.07, 6.45) is -5.14. The van der Waals surface area contributed by atoms with Gasteiger partial charge >= 0.3 is 0 Å². The quantitative estimate of drug-likeness (QED) is 0.608. The highest BCUT2D eigenvalue weighted by Gasteiger charge is 2.43. The molecule has 6 nitrogen and oxygen atoms in total. The van der Waals surface area contributed by atoms with Gasteiger partial charge in [0.1, 0.15) is 24.4 Å². The van der Waals surface area contributed by atoms with Crippen molar-refractivity contribution in [2.45, 2.75) is 63.5 Å². The van der Waals surface area contributed by atoms with E-state index in [1.807, 2.05) is 24.3 Å². The molecule has 23 heavy (non-hydrogen) atoms. The van der Waals surface area contributed by atoms with Crippen molar-refractivity contribution in [1.29, 1.82) is 0 Å². The van der Waals surface area contributed by atoms with Crippen molar-refractivity contribution in [2.24, 2.45) is 0 Å². The highest BCUT2D eigenvalue weighted by molar-refractivity contribution is 5.24. The van der Waals surface area contributed by atoms with Crippen molar-refractivity contribution in [3.63, 3.8) is 0 Å². The van der Waals surface area contributed by atoms with Gasteiger partial charge in [-0.25, -0.2) is 0 Å². The van der Waals surface area contributed by atoms with Crippen LogP contribution in [-0.4, -0.2) is 57.7 Å². The van der Waals surface area contributed by atoms with Crippen molar-refractivity contribution >= 4 is 0 Å². The zero-order chi connectivity index (χ0) is 17.0. The van der Waals surface area contributed by atoms with E-state index in [4.69, 9.17) is 14.6 Å². The van der Waals surface area contributed by atoms with E-state index in [-0.39, 0.29) is 6.61 Å². The number of aliphatic hydroxyl groups is 4. The van der Waals surface area contributed by atoms with Crippen LogP contribution in [0.4, 0.5) is 0 Å². The summed E-state index contributed by atoms with van der Waals surface area (Å²) in [7, 11) is 0. The molecule has 0 amide bonds. The third-order valence-electron chi connectivity index (χ3n) is 4.42. The molecule has 1 aliphatic rings. The molecule has 1 aliphatic heterocycles. The van der Waals surface area contributed by atoms with Crippen LogP contribution in [0.3, 0.4) is 0 Å². The van der Waals surface area contributed by atoms with Gasteiger partial charge in [0.15, 0.2) is 6.29 Å². The molecule has 1 aromatic carbocycles. The molecule has 0 aliphatic carbocycles. The molecule has 1 heterocycles. The van der Waals surface area contributed by atoms with Gasteiger partial charge in [0.05, 0.1) is 13.2 Å². The second-order valence-corrected chi connectivity index (χ2v) is 6.06. The number of rotatable bonds is 6. The fraction of sp³-hybridized carbons (Fsp3) is 0.647. The molecule has 0 radical (unpaired) electrons. The predicted molar refractivity (Wildman–Crippen MR) is 83.7 cm³/mol. The predicted octanol–water partition coefficient (Wildman–Crippen LogP) is 0.517. The van der Waals surface area contributed by atoms with Crippen LogP contribution in [0.1, 0.15) is 37.3 Å². The van der Waals surface area contributed by atoms with Crippen molar-refractivity contribution in [3.8, 4) is 0 Å². The Morgan fingerprint density at radius 2 is 1.74 bits per heavy atom. The molecule has 4 N–H and O–H groups in total. The van der Waals surface area contributed by atoms with Gasteiger partial charge in [-0.1, -0.05) is 38.1 Å². The topological polar surface area (TPSA) is 99.4 Å². The van der Waals surface area contributed by atoms with E-state index < -0.39 is 37.3 Å². The van der Waals surface area contributed by atoms with Crippen LogP contribution in [0.2, 0.25) is 0 Å². The lowest BCUT2D eigenvalue weighted by Crippen LogP contribution is -2.59. The summed E-state index contributed by atoms with van der Waals surface area (Å²) in [4.78, 5) is 0. The van der Waals surface area contributed by atoms with Crippen LogP contribution in [-0.2, 0) is 16.1 Å². The van der Waals surface area contributed by atoms with Crippen LogP contribution >= 0.6 is 0 Å². The monoisotopic (exact) mass is 326 g/mol. The molecule has 6 atom stereocenters. The van der Waals surface area contributed by atoms with Gasteiger partial charge in [-0.05, 0) is 23.5 Å². The van der Waals surface area contributed by atoms with Gasteiger partial charge in [0.2, 0.25) is 0 Å². The summed E-state index contributed by atoms with van der Waals surface area (Å²) in [6, 6.07) is 7.98. The molecule has 1 aromatic rings. The van der Waals surface area contributed by atoms with Crippen LogP contribution in [0, 0.1) is 0 Å². The minimum Gasteiger partial charge on any atom is -0.394 e. The first kappa shape index (κ1) is 18.3. The van der Waals surface area contributed by atoms with Gasteiger partial charge < -0.3 is 29.9 Å². The molecular formula is C17H26O6. The molecule has 2 rings (SSSR count). The van der Waals surface area contributed by atoms with E-state index in [0.717, 1.165) is 12.0 Å². The van der Waals surface area contributed by atoms with Gasteiger partial charge in [-0.2, -0.15) is 0 Å². The van der Waals surface area contributed by atoms with E-state index in [1.165, 1.54) is 5.56 Å². The Balaban J connectivity index is 1.94. The molecule has 1 fully saturated rings. The maximum absolute atomic E-state index is 9.91. The van der Waals surface area contributed by atoms with Crippen molar-refractivity contribution in [1.82, 2.24) is 0 Å². The molecule has 0 saturated carbocycles. The van der Waals surface area contributed by atoms with Crippen LogP contribution in [0.25, 0.3) is 0 Å². The lowest BCUT2D eigenvalue weighted by molar-refractivity contribution is -0.304. The van der Waals surface area contributed by atoms with Crippen LogP contribution in [0.5, 0.6) is 0 Å². The summed E-state index contributed by atoms with van der Waals surface area (Å²) in [5.74, 6) is 0.496. The number of benzene rings is 1. The van der Waals surface area contributed by atoms with E-state index in [9.17, 15) is 15.3 Å². The molecule has 1 unspecified atom stereocenters. The lowest BCUT2D eigenvalue weighted by atomic mass is 9.98. The van der Waals surface area contributed by atoms with Gasteiger partial charge in [-0.3, -0.25) is 0 Å². The number of hydrogen-bond acceptors (Lipinski definition) is 6. The standard InChI is InChI=1S/C17H26O6/c1-3-10(2)12-6-4-11(5-7-12)9-22-17-16(21)15(20)14(19)13(8-18)23-17/h4-7,10,13-21H,3,8-9H2,1-2H3/t10?,13-,14-,15+,16-,17-/m1/s1. The summed E-state index contributed by atoms with van der Waals surface area (Å²) >= 11 is 0. The number of hydrogen-bond donors (Lipinski definition) is 4. The first-order valence-electron chi connectivity index (χ1n) is 7.98. The summed E-state index contributed by atoms with van der Waals surface area (Å²) in [5, 5.41) is 38.5. The van der Waals surface area contributed by atoms with E-state index in [1.54, 1.807) is 0 Å². The van der Waals surface area contributed by atoms with Crippen molar-refractivity contribution < 1.29 is 29.9 Å². The molecular weight excluding hydrogens is 300 g/mol. The average Bonchev–Trinajstić information content (AvgIpc) is 2.59. The third kappa shape index (κ3) is 4.29. The normalized spacial score (nSPS) is 32.7. The molecule has 0 spiro atoms. The third-order valence-corrected chi connectivity index (χ3v) is 4.42. The van der Waals surface area contributed by atoms with E-state index >= 15 is 0 Å². The maximum atomic E-state index is 9.91. The Kier molecular flexibility index (Phi) is 6.52. The molecule has 0 aromatic heterocycles. The fourth-order valence-corrected chi connectivity index (χ4v) is 2.56. The summed E-state index contributed by atoms with van der Waals surface area (Å²) < 4.78 is 10.8. The minimum atomic E-state index is -1.42. The van der Waals surface area contributed by atoms with Gasteiger partial charge in [0.25, 0.3) is 0 Å². The zero-order valence-electron chi connectivity index (χ0n) is 13.5. The lowest BCUT2D eigenvalue weighted by Gasteiger charge is -2.39. The first-order chi connectivity index (χ1) is 11.0. The number of ether oxygens (including phenoxy) is 2. The van der Waals surface area contributed by atoms with E-state index in [2.05, 4.69) is 13.8 Å². The Labute approximate surface area is 136 Å². The fourth-order valence-electron chi connectivity index (χ4n) is 2.56. The molecule has 1 saturated heterocycles. The second-order valence-electron chi connectivity index (χ2n) is 6.06. The summed E-state index contributed by atoms with van der Waals surface area (Å²) in [6.45, 7) is 4.04. The first-order valence-corrected chi connectivity index (χ1v) is 7.98. The summed E-state index contributed by atoms with van der Waals surface area (Å²) in [5.41, 5.74) is 2.16. The number of aliphatic hydroxyl groups excluding tert-OH is 4. The maximum Gasteiger partial charge on any atom is 0.187 e. The molecule has 130 valence electrons. The molecule has 6 heteroatoms. The SMILES string of the molecule is CCC(C)c1ccc(CO[C@@H]2O[C@H](CO)[C@@H](O)[C@H](O)[C@H]2O)cc1. The van der Waals surface area contributed by atoms with Crippen LogP contribution in [0.15, 0.2) is 24.3 Å². The Bertz CT molecular complexity index is 474. The van der Waals surface area contributed by atoms with Crippen molar-refractivity contribution in [2.75, 3.05) is 6.61 Å². The zero-order valence-corrected chi connectivity index (χ0v) is 13.5. The van der Waals surface area contributed by atoms with Gasteiger partial charge in [0, 0.05) is 0 Å². The van der Waals surface area contributed by atoms with Crippen LogP contribution < -0.4 is 0 Å². The second kappa shape index (κ2) is 8.19. The Hall–Kier alpha value is -1.02. The highest BCUT2D eigenvalue weighted by Crippen LogP contribution is 2.23. The molecule has 0 bridgehead atoms. The largest absolute Gasteiger partial charge is 0.394 e.